The third-order valence-corrected chi connectivity index (χ3v) is 7.22. The van der Waals surface area contributed by atoms with Gasteiger partial charge in [-0.25, -0.2) is 0 Å². The Hall–Kier alpha value is -1.18. The van der Waals surface area contributed by atoms with Gasteiger partial charge in [-0.1, -0.05) is 95.2 Å². The van der Waals surface area contributed by atoms with Crippen molar-refractivity contribution < 1.29 is 9.59 Å². The van der Waals surface area contributed by atoms with E-state index in [1.807, 2.05) is 0 Å². The third-order valence-electron chi connectivity index (χ3n) is 7.22. The number of rotatable bonds is 1. The van der Waals surface area contributed by atoms with Crippen molar-refractivity contribution in [2.45, 2.75) is 95.9 Å². The minimum absolute atomic E-state index is 0.0448. The van der Waals surface area contributed by atoms with Crippen molar-refractivity contribution in [3.63, 3.8) is 0 Å². The van der Waals surface area contributed by atoms with Gasteiger partial charge in [-0.3, -0.25) is 9.59 Å². The van der Waals surface area contributed by atoms with Crippen LogP contribution in [-0.2, 0) is 9.59 Å². The lowest BCUT2D eigenvalue weighted by molar-refractivity contribution is -0.139. The maximum atomic E-state index is 13.5. The van der Waals surface area contributed by atoms with Crippen LogP contribution in [0.5, 0.6) is 0 Å². The standard InChI is InChI=1S/C28H46O2/c1-25(2,3)19-13-17(14-20(23(19)29)26(4,5)6)18-15-21(27(7,8)9)24(30)22(16-18)28(10,11)12/h13-14,17-18,21-22H,15-16H2,1-12H3. The van der Waals surface area contributed by atoms with Crippen molar-refractivity contribution in [1.29, 1.82) is 0 Å². The molecule has 170 valence electrons. The Morgan fingerprint density at radius 2 is 0.967 bits per heavy atom. The molecule has 0 heterocycles. The van der Waals surface area contributed by atoms with Gasteiger partial charge in [-0.05, 0) is 46.3 Å². The third kappa shape index (κ3) is 5.17. The first-order valence-electron chi connectivity index (χ1n) is 11.8. The molecule has 2 nitrogen and oxygen atoms in total. The molecule has 2 unspecified atom stereocenters. The van der Waals surface area contributed by atoms with Gasteiger partial charge in [0.2, 0.25) is 0 Å². The normalized spacial score (nSPS) is 27.8. The summed E-state index contributed by atoms with van der Waals surface area (Å²) in [5.41, 5.74) is 1.43. The first-order valence-corrected chi connectivity index (χ1v) is 11.8. The van der Waals surface area contributed by atoms with Gasteiger partial charge in [0.25, 0.3) is 0 Å². The summed E-state index contributed by atoms with van der Waals surface area (Å²) in [4.78, 5) is 26.8. The molecule has 1 saturated carbocycles. The fourth-order valence-electron chi connectivity index (χ4n) is 5.23. The molecule has 0 saturated heterocycles. The summed E-state index contributed by atoms with van der Waals surface area (Å²) in [7, 11) is 0. The largest absolute Gasteiger partial charge is 0.299 e. The fraction of sp³-hybridized carbons (Fsp3) is 0.786. The first kappa shape index (κ1) is 25.1. The van der Waals surface area contributed by atoms with E-state index in [9.17, 15) is 9.59 Å². The van der Waals surface area contributed by atoms with Crippen LogP contribution in [0.3, 0.4) is 0 Å². The summed E-state index contributed by atoms with van der Waals surface area (Å²) in [5.74, 6) is 1.39. The second kappa shape index (κ2) is 7.75. The Bertz CT molecular complexity index is 690. The average Bonchev–Trinajstić information content (AvgIpc) is 2.50. The first-order chi connectivity index (χ1) is 13.2. The predicted octanol–water partition coefficient (Wildman–Crippen LogP) is 7.43. The molecule has 0 aliphatic heterocycles. The highest BCUT2D eigenvalue weighted by Crippen LogP contribution is 2.50. The van der Waals surface area contributed by atoms with Crippen LogP contribution < -0.4 is 0 Å². The zero-order valence-corrected chi connectivity index (χ0v) is 21.7. The van der Waals surface area contributed by atoms with Crippen LogP contribution in [0.2, 0.25) is 0 Å². The molecule has 2 aliphatic rings. The molecule has 2 aliphatic carbocycles. The molecule has 0 radical (unpaired) electrons. The molecule has 1 fully saturated rings. The summed E-state index contributed by atoms with van der Waals surface area (Å²) in [6.45, 7) is 26.1. The summed E-state index contributed by atoms with van der Waals surface area (Å²) < 4.78 is 0. The maximum Gasteiger partial charge on any atom is 0.185 e. The topological polar surface area (TPSA) is 34.1 Å². The Balaban J connectivity index is 2.57. The van der Waals surface area contributed by atoms with Crippen LogP contribution >= 0.6 is 0 Å². The molecule has 0 N–H and O–H groups in total. The molecular weight excluding hydrogens is 368 g/mol. The minimum atomic E-state index is -0.183. The summed E-state index contributed by atoms with van der Waals surface area (Å²) in [5, 5.41) is 0. The van der Waals surface area contributed by atoms with Crippen molar-refractivity contribution in [2.75, 3.05) is 0 Å². The number of hydrogen-bond acceptors (Lipinski definition) is 2. The molecule has 0 spiro atoms. The van der Waals surface area contributed by atoms with Crippen LogP contribution in [-0.4, -0.2) is 11.6 Å². The molecule has 0 amide bonds. The Labute approximate surface area is 186 Å². The van der Waals surface area contributed by atoms with E-state index in [4.69, 9.17) is 0 Å². The van der Waals surface area contributed by atoms with Gasteiger partial charge >= 0.3 is 0 Å². The number of carbonyl (C=O) groups is 2. The van der Waals surface area contributed by atoms with Gasteiger partial charge in [-0.15, -0.1) is 0 Å². The van der Waals surface area contributed by atoms with Gasteiger partial charge < -0.3 is 0 Å². The Kier molecular flexibility index (Phi) is 6.48. The fourth-order valence-corrected chi connectivity index (χ4v) is 5.23. The number of carbonyl (C=O) groups excluding carboxylic acids is 2. The zero-order chi connectivity index (χ0) is 23.4. The second-order valence-corrected chi connectivity index (χ2v) is 14.0. The lowest BCUT2D eigenvalue weighted by atomic mass is 9.56. The van der Waals surface area contributed by atoms with Crippen molar-refractivity contribution in [1.82, 2.24) is 0 Å². The highest BCUT2D eigenvalue weighted by molar-refractivity contribution is 6.10. The number of Topliss-reactive ketones (excluding diaryl/α,β-unsaturated/α-hetero) is 2. The van der Waals surface area contributed by atoms with E-state index in [2.05, 4.69) is 95.2 Å². The number of ketones is 2. The molecular formula is C28H46O2. The predicted molar refractivity (Wildman–Crippen MR) is 127 cm³/mol. The quantitative estimate of drug-likeness (QED) is 0.447. The lowest BCUT2D eigenvalue weighted by Gasteiger charge is -2.46. The van der Waals surface area contributed by atoms with Gasteiger partial charge in [0.15, 0.2) is 5.78 Å². The van der Waals surface area contributed by atoms with E-state index < -0.39 is 0 Å². The number of hydrogen-bond donors (Lipinski definition) is 0. The van der Waals surface area contributed by atoms with Crippen molar-refractivity contribution in [2.24, 2.45) is 45.3 Å². The van der Waals surface area contributed by atoms with Crippen LogP contribution in [0.15, 0.2) is 23.3 Å². The molecule has 0 bridgehead atoms. The lowest BCUT2D eigenvalue weighted by Crippen LogP contribution is -2.46. The van der Waals surface area contributed by atoms with Crippen molar-refractivity contribution >= 4 is 11.6 Å². The molecule has 0 aromatic heterocycles. The van der Waals surface area contributed by atoms with Crippen LogP contribution in [0.25, 0.3) is 0 Å². The van der Waals surface area contributed by atoms with Gasteiger partial charge in [0.1, 0.15) is 5.78 Å². The van der Waals surface area contributed by atoms with Crippen molar-refractivity contribution in [3.8, 4) is 0 Å². The summed E-state index contributed by atoms with van der Waals surface area (Å²) >= 11 is 0. The number of allylic oxidation sites excluding steroid dienone is 4. The molecule has 2 rings (SSSR count). The average molecular weight is 415 g/mol. The van der Waals surface area contributed by atoms with Gasteiger partial charge in [0, 0.05) is 23.0 Å². The molecule has 0 aromatic carbocycles. The van der Waals surface area contributed by atoms with Gasteiger partial charge in [0.05, 0.1) is 0 Å². The summed E-state index contributed by atoms with van der Waals surface area (Å²) in [6.07, 6.45) is 6.32. The van der Waals surface area contributed by atoms with Gasteiger partial charge in [-0.2, -0.15) is 0 Å². The van der Waals surface area contributed by atoms with E-state index in [0.717, 1.165) is 24.0 Å². The molecule has 0 aromatic rings. The molecule has 2 atom stereocenters. The zero-order valence-electron chi connectivity index (χ0n) is 21.7. The molecule has 2 heteroatoms. The van der Waals surface area contributed by atoms with E-state index >= 15 is 0 Å². The highest BCUT2D eigenvalue weighted by Gasteiger charge is 2.48. The smallest absolute Gasteiger partial charge is 0.185 e. The van der Waals surface area contributed by atoms with Crippen LogP contribution in [0.1, 0.15) is 95.9 Å². The maximum absolute atomic E-state index is 13.5. The highest BCUT2D eigenvalue weighted by atomic mass is 16.1. The molecule has 30 heavy (non-hydrogen) atoms. The Morgan fingerprint density at radius 3 is 1.23 bits per heavy atom. The Morgan fingerprint density at radius 1 is 0.633 bits per heavy atom. The van der Waals surface area contributed by atoms with E-state index in [0.29, 0.717) is 11.7 Å². The van der Waals surface area contributed by atoms with Crippen molar-refractivity contribution in [3.05, 3.63) is 23.3 Å². The van der Waals surface area contributed by atoms with E-state index in [1.54, 1.807) is 0 Å². The van der Waals surface area contributed by atoms with Crippen LogP contribution in [0, 0.1) is 45.3 Å². The van der Waals surface area contributed by atoms with E-state index in [1.165, 1.54) is 0 Å². The monoisotopic (exact) mass is 414 g/mol. The minimum Gasteiger partial charge on any atom is -0.299 e. The second-order valence-electron chi connectivity index (χ2n) is 14.0. The SMILES string of the molecule is CC(C)(C)C1=CC(C2CC(C(C)(C)C)C(=O)C(C(C)(C)C)C2)C=C(C(C)(C)C)C1=O. The van der Waals surface area contributed by atoms with E-state index in [-0.39, 0.29) is 45.2 Å². The van der Waals surface area contributed by atoms with Crippen LogP contribution in [0.4, 0.5) is 0 Å². The summed E-state index contributed by atoms with van der Waals surface area (Å²) in [6, 6.07) is 0.